The molecular weight excluding hydrogens is 344 g/mol. The Bertz CT molecular complexity index is 635. The molecule has 2 rings (SSSR count). The Balaban J connectivity index is 2.19. The van der Waals surface area contributed by atoms with E-state index in [1.165, 1.54) is 0 Å². The minimum absolute atomic E-state index is 0.0574. The highest BCUT2D eigenvalue weighted by Crippen LogP contribution is 2.64. The van der Waals surface area contributed by atoms with Gasteiger partial charge in [-0.05, 0) is 37.6 Å². The summed E-state index contributed by atoms with van der Waals surface area (Å²) >= 11 is 0. The molecule has 0 unspecified atom stereocenters. The Morgan fingerprint density at radius 1 is 1.27 bits per heavy atom. The molecule has 0 aromatic heterocycles. The van der Waals surface area contributed by atoms with Crippen LogP contribution in [-0.4, -0.2) is 49.1 Å². The van der Waals surface area contributed by atoms with E-state index in [9.17, 15) is 10.2 Å². The van der Waals surface area contributed by atoms with Gasteiger partial charge in [0.05, 0.1) is 19.3 Å². The van der Waals surface area contributed by atoms with Gasteiger partial charge in [0.2, 0.25) is 0 Å². The first-order valence-corrected chi connectivity index (χ1v) is 12.5. The maximum atomic E-state index is 10.1. The highest BCUT2D eigenvalue weighted by molar-refractivity contribution is 6.74. The van der Waals surface area contributed by atoms with Crippen molar-refractivity contribution in [3.63, 3.8) is 0 Å². The Morgan fingerprint density at radius 3 is 2.38 bits per heavy atom. The van der Waals surface area contributed by atoms with Crippen LogP contribution < -0.4 is 0 Å². The van der Waals surface area contributed by atoms with E-state index in [0.717, 1.165) is 5.57 Å². The van der Waals surface area contributed by atoms with Gasteiger partial charge < -0.3 is 19.4 Å². The molecule has 1 aliphatic heterocycles. The van der Waals surface area contributed by atoms with Gasteiger partial charge in [0.25, 0.3) is 0 Å². The molecule has 0 radical (unpaired) electrons. The topological polar surface area (TPSA) is 62.2 Å². The molecule has 0 bridgehead atoms. The van der Waals surface area contributed by atoms with E-state index in [1.54, 1.807) is 6.08 Å². The van der Waals surface area contributed by atoms with Gasteiger partial charge in [-0.2, -0.15) is 0 Å². The van der Waals surface area contributed by atoms with Crippen LogP contribution in [-0.2, 0) is 9.16 Å². The van der Waals surface area contributed by atoms with E-state index in [4.69, 9.17) is 9.16 Å². The van der Waals surface area contributed by atoms with E-state index in [2.05, 4.69) is 59.6 Å². The number of fused-ring (bicyclic) bond motifs is 1. The minimum Gasteiger partial charge on any atom is -0.412 e. The monoisotopic (exact) mass is 380 g/mol. The second kappa shape index (κ2) is 6.75. The van der Waals surface area contributed by atoms with Gasteiger partial charge in [0, 0.05) is 17.4 Å². The molecule has 0 amide bonds. The number of ether oxygens (including phenoxy) is 1. The molecule has 2 fully saturated rings. The average molecular weight is 381 g/mol. The summed E-state index contributed by atoms with van der Waals surface area (Å²) < 4.78 is 12.4. The van der Waals surface area contributed by atoms with Crippen LogP contribution in [0.1, 0.15) is 54.4 Å². The third kappa shape index (κ3) is 3.81. The normalized spacial score (nSPS) is 33.9. The predicted molar refractivity (Wildman–Crippen MR) is 107 cm³/mol. The minimum atomic E-state index is -1.88. The number of epoxide rings is 1. The van der Waals surface area contributed by atoms with Crippen LogP contribution in [0, 0.1) is 17.3 Å². The summed E-state index contributed by atoms with van der Waals surface area (Å²) in [5.41, 5.74) is -0.362. The molecule has 0 aromatic carbocycles. The van der Waals surface area contributed by atoms with Gasteiger partial charge in [0.1, 0.15) is 5.60 Å². The molecule has 0 aromatic rings. The Hall–Kier alpha value is -0.643. The Labute approximate surface area is 160 Å². The lowest BCUT2D eigenvalue weighted by atomic mass is 9.63. The Morgan fingerprint density at radius 2 is 1.88 bits per heavy atom. The lowest BCUT2D eigenvalue weighted by Crippen LogP contribution is -2.46. The van der Waals surface area contributed by atoms with Crippen LogP contribution in [0.25, 0.3) is 0 Å². The largest absolute Gasteiger partial charge is 0.412 e. The van der Waals surface area contributed by atoms with E-state index in [-0.39, 0.29) is 23.2 Å². The fourth-order valence-electron chi connectivity index (χ4n) is 3.83. The third-order valence-electron chi connectivity index (χ3n) is 6.54. The van der Waals surface area contributed by atoms with Crippen LogP contribution in [0.3, 0.4) is 0 Å². The van der Waals surface area contributed by atoms with Gasteiger partial charge in [-0.15, -0.1) is 0 Å². The maximum absolute atomic E-state index is 10.1. The van der Waals surface area contributed by atoms with Crippen molar-refractivity contribution in [2.45, 2.75) is 89.8 Å². The maximum Gasteiger partial charge on any atom is 0.192 e. The Kier molecular flexibility index (Phi) is 5.62. The average Bonchev–Trinajstić information content (AvgIpc) is 3.06. The molecular formula is C21H36O4Si. The first-order valence-electron chi connectivity index (χ1n) is 9.55. The van der Waals surface area contributed by atoms with Gasteiger partial charge in [-0.1, -0.05) is 46.5 Å². The summed E-state index contributed by atoms with van der Waals surface area (Å²) in [6, 6.07) is 0. The number of hydrogen-bond donors (Lipinski definition) is 2. The molecule has 1 heterocycles. The third-order valence-corrected chi connectivity index (χ3v) is 11.0. The van der Waals surface area contributed by atoms with Crippen molar-refractivity contribution < 1.29 is 19.4 Å². The van der Waals surface area contributed by atoms with Crippen molar-refractivity contribution in [2.75, 3.05) is 13.2 Å². The summed E-state index contributed by atoms with van der Waals surface area (Å²) in [4.78, 5) is 0. The zero-order chi connectivity index (χ0) is 20.0. The summed E-state index contributed by atoms with van der Waals surface area (Å²) in [5.74, 6) is 6.59. The fourth-order valence-corrected chi connectivity index (χ4v) is 4.78. The molecule has 148 valence electrons. The van der Waals surface area contributed by atoms with Gasteiger partial charge in [-0.3, -0.25) is 0 Å². The molecule has 1 aliphatic carbocycles. The molecule has 26 heavy (non-hydrogen) atoms. The lowest BCUT2D eigenvalue weighted by Gasteiger charge is -2.37. The number of aliphatic hydroxyl groups excluding tert-OH is 2. The van der Waals surface area contributed by atoms with Crippen molar-refractivity contribution in [2.24, 2.45) is 5.41 Å². The van der Waals surface area contributed by atoms with E-state index < -0.39 is 19.5 Å². The standard InChI is InChI=1S/C21H36O4Si/c1-18(2,3)26(7,8)24-15-16(10-12-22)9-11-21-19(4,5)13-17(23)14-20(21,6)25-21/h10,17,22-23H,12-15H2,1-8H3/b16-10-/t17-,20+,21-/m0/s1. The van der Waals surface area contributed by atoms with Gasteiger partial charge >= 0.3 is 0 Å². The van der Waals surface area contributed by atoms with Crippen LogP contribution in [0.2, 0.25) is 18.1 Å². The quantitative estimate of drug-likeness (QED) is 0.444. The second-order valence-corrected chi connectivity index (χ2v) is 15.0. The number of aliphatic hydroxyl groups is 2. The van der Waals surface area contributed by atoms with Crippen molar-refractivity contribution in [1.29, 1.82) is 0 Å². The summed E-state index contributed by atoms with van der Waals surface area (Å²) in [5, 5.41) is 19.6. The molecule has 1 saturated heterocycles. The van der Waals surface area contributed by atoms with E-state index in [0.29, 0.717) is 19.4 Å². The highest BCUT2D eigenvalue weighted by Gasteiger charge is 2.75. The highest BCUT2D eigenvalue weighted by atomic mass is 28.4. The fraction of sp³-hybridized carbons (Fsp3) is 0.810. The zero-order valence-corrected chi connectivity index (χ0v) is 18.7. The zero-order valence-electron chi connectivity index (χ0n) is 17.7. The van der Waals surface area contributed by atoms with Crippen LogP contribution in [0.4, 0.5) is 0 Å². The SMILES string of the molecule is CC1(C)C[C@H](O)C[C@@]2(C)O[C@@]12C#C/C(=C/CO)CO[Si](C)(C)C(C)(C)C. The van der Waals surface area contributed by atoms with E-state index >= 15 is 0 Å². The molecule has 3 atom stereocenters. The van der Waals surface area contributed by atoms with Crippen molar-refractivity contribution in [3.8, 4) is 11.8 Å². The van der Waals surface area contributed by atoms with Crippen molar-refractivity contribution in [3.05, 3.63) is 11.6 Å². The first kappa shape index (κ1) is 21.7. The molecule has 5 heteroatoms. The summed E-state index contributed by atoms with van der Waals surface area (Å²) in [6.07, 6.45) is 2.67. The molecule has 2 aliphatic rings. The second-order valence-electron chi connectivity index (χ2n) is 10.2. The molecule has 1 saturated carbocycles. The van der Waals surface area contributed by atoms with Gasteiger partial charge in [0.15, 0.2) is 13.9 Å². The lowest BCUT2D eigenvalue weighted by molar-refractivity contribution is 0.0542. The molecule has 2 N–H and O–H groups in total. The van der Waals surface area contributed by atoms with Crippen LogP contribution >= 0.6 is 0 Å². The number of hydrogen-bond acceptors (Lipinski definition) is 4. The first-order chi connectivity index (χ1) is 11.7. The molecule has 4 nitrogen and oxygen atoms in total. The van der Waals surface area contributed by atoms with Gasteiger partial charge in [-0.25, -0.2) is 0 Å². The van der Waals surface area contributed by atoms with Crippen LogP contribution in [0.15, 0.2) is 11.6 Å². The van der Waals surface area contributed by atoms with Crippen molar-refractivity contribution in [1.82, 2.24) is 0 Å². The van der Waals surface area contributed by atoms with Crippen LogP contribution in [0.5, 0.6) is 0 Å². The summed E-state index contributed by atoms with van der Waals surface area (Å²) in [7, 11) is -1.88. The number of rotatable bonds is 4. The van der Waals surface area contributed by atoms with E-state index in [1.807, 2.05) is 6.92 Å². The summed E-state index contributed by atoms with van der Waals surface area (Å²) in [6.45, 7) is 17.7. The predicted octanol–water partition coefficient (Wildman–Crippen LogP) is 3.64. The van der Waals surface area contributed by atoms with Crippen molar-refractivity contribution >= 4 is 8.32 Å². The smallest absolute Gasteiger partial charge is 0.192 e. The molecule has 0 spiro atoms.